The normalized spacial score (nSPS) is 19.8. The number of rotatable bonds is 2. The van der Waals surface area contributed by atoms with E-state index in [1.807, 2.05) is 45.9 Å². The van der Waals surface area contributed by atoms with Crippen molar-refractivity contribution in [2.45, 2.75) is 19.3 Å². The largest absolute Gasteiger partial charge is 0.0843 e. The van der Waals surface area contributed by atoms with Crippen molar-refractivity contribution in [2.24, 2.45) is 0 Å². The third-order valence-corrected chi connectivity index (χ3v) is 11.7. The van der Waals surface area contributed by atoms with E-state index >= 15 is 0 Å². The quantitative estimate of drug-likeness (QED) is 0.355. The Morgan fingerprint density at radius 3 is 1.56 bits per heavy atom. The minimum atomic E-state index is 0.187. The van der Waals surface area contributed by atoms with Gasteiger partial charge in [0, 0.05) is 24.7 Å². The Morgan fingerprint density at radius 1 is 0.680 bits per heavy atom. The molecule has 3 aliphatic rings. The van der Waals surface area contributed by atoms with Gasteiger partial charge in [-0.3, -0.25) is 0 Å². The predicted molar refractivity (Wildman–Crippen MR) is 118 cm³/mol. The van der Waals surface area contributed by atoms with Gasteiger partial charge in [0.1, 0.15) is 0 Å². The molecule has 1 saturated carbocycles. The number of allylic oxidation sites excluding steroid dienone is 2. The Bertz CT molecular complexity index is 890. The fourth-order valence-corrected chi connectivity index (χ4v) is 11.7. The van der Waals surface area contributed by atoms with Crippen molar-refractivity contribution in [3.63, 3.8) is 0 Å². The lowest BCUT2D eigenvalue weighted by Crippen LogP contribution is -2.10. The van der Waals surface area contributed by atoms with Crippen LogP contribution < -0.4 is 0 Å². The van der Waals surface area contributed by atoms with Gasteiger partial charge in [-0.25, -0.2) is 0 Å². The number of halogens is 2. The van der Waals surface area contributed by atoms with E-state index in [0.717, 1.165) is 10.0 Å². The number of benzene rings is 2. The molecule has 0 N–H and O–H groups in total. The van der Waals surface area contributed by atoms with Gasteiger partial charge in [-0.2, -0.15) is 0 Å². The maximum Gasteiger partial charge on any atom is 0.0406 e. The van der Waals surface area contributed by atoms with E-state index in [1.54, 1.807) is 16.0 Å². The van der Waals surface area contributed by atoms with Crippen molar-refractivity contribution >= 4 is 68.0 Å². The molecule has 2 heterocycles. The highest BCUT2D eigenvalue weighted by Gasteiger charge is 2.37. The zero-order valence-corrected chi connectivity index (χ0v) is 17.2. The molecule has 0 atom stereocenters. The predicted octanol–water partition coefficient (Wildman–Crippen LogP) is 8.06. The number of hydrogen-bond donors (Lipinski definition) is 0. The van der Waals surface area contributed by atoms with Gasteiger partial charge in [0.05, 0.1) is 0 Å². The van der Waals surface area contributed by atoms with E-state index in [4.69, 9.17) is 23.2 Å². The average molecular weight is 421 g/mol. The van der Waals surface area contributed by atoms with Crippen molar-refractivity contribution in [1.29, 1.82) is 0 Å². The summed E-state index contributed by atoms with van der Waals surface area (Å²) in [4.78, 5) is 4.56. The van der Waals surface area contributed by atoms with Crippen molar-refractivity contribution < 1.29 is 0 Å². The van der Waals surface area contributed by atoms with E-state index in [-0.39, 0.29) is 8.55 Å². The maximum atomic E-state index is 6.07. The van der Waals surface area contributed by atoms with Crippen LogP contribution in [0, 0.1) is 0 Å². The van der Waals surface area contributed by atoms with E-state index in [1.165, 1.54) is 40.2 Å². The van der Waals surface area contributed by atoms with Gasteiger partial charge in [-0.15, -0.1) is 0 Å². The van der Waals surface area contributed by atoms with Crippen molar-refractivity contribution in [3.8, 4) is 0 Å². The molecule has 5 rings (SSSR count). The van der Waals surface area contributed by atoms with E-state index in [0.29, 0.717) is 0 Å². The molecule has 0 amide bonds. The molecule has 0 aromatic heterocycles. The molecule has 126 valence electrons. The molecule has 2 aromatic carbocycles. The summed E-state index contributed by atoms with van der Waals surface area (Å²) in [6, 6.07) is 16.6. The third kappa shape index (κ3) is 2.85. The van der Waals surface area contributed by atoms with Crippen LogP contribution in [-0.2, 0) is 0 Å². The summed E-state index contributed by atoms with van der Waals surface area (Å²) in [6.07, 6.45) is 3.63. The molecule has 0 spiro atoms. The van der Waals surface area contributed by atoms with E-state index in [2.05, 4.69) is 24.3 Å². The van der Waals surface area contributed by atoms with Crippen LogP contribution in [0.15, 0.2) is 59.7 Å². The molecule has 25 heavy (non-hydrogen) atoms. The molecule has 0 bridgehead atoms. The molecular formula is C20H14Cl2S3. The van der Waals surface area contributed by atoms with Crippen LogP contribution in [-0.4, -0.2) is 4.86 Å². The summed E-state index contributed by atoms with van der Waals surface area (Å²) < 4.78 is 0. The average Bonchev–Trinajstić information content (AvgIpc) is 3.18. The van der Waals surface area contributed by atoms with Gasteiger partial charge in [-0.05, 0) is 65.8 Å². The smallest absolute Gasteiger partial charge is 0.0406 e. The highest BCUT2D eigenvalue weighted by atomic mass is 35.5. The molecule has 0 nitrogen and oxygen atoms in total. The van der Waals surface area contributed by atoms with Crippen molar-refractivity contribution in [2.75, 3.05) is 0 Å². The summed E-state index contributed by atoms with van der Waals surface area (Å²) >= 11 is 12.1. The zero-order valence-electron chi connectivity index (χ0n) is 13.2. The van der Waals surface area contributed by atoms with Gasteiger partial charge >= 0.3 is 0 Å². The highest BCUT2D eigenvalue weighted by Crippen LogP contribution is 2.69. The van der Waals surface area contributed by atoms with Gasteiger partial charge in [0.25, 0.3) is 0 Å². The van der Waals surface area contributed by atoms with Crippen LogP contribution in [0.2, 0.25) is 10.0 Å². The Balaban J connectivity index is 1.58. The molecule has 0 unspecified atom stereocenters. The molecular weight excluding hydrogens is 407 g/mol. The maximum absolute atomic E-state index is 6.07. The first-order valence-corrected chi connectivity index (χ1v) is 12.8. The first-order chi connectivity index (χ1) is 12.2. The molecule has 2 aromatic rings. The monoisotopic (exact) mass is 420 g/mol. The second-order valence-electron chi connectivity index (χ2n) is 6.21. The van der Waals surface area contributed by atoms with Crippen molar-refractivity contribution in [1.82, 2.24) is 0 Å². The van der Waals surface area contributed by atoms with E-state index in [9.17, 15) is 0 Å². The summed E-state index contributed by atoms with van der Waals surface area (Å²) in [5.41, 5.74) is 5.78. The standard InChI is InChI=1S/C20H14Cl2S3/c21-14-8-4-12(5-9-14)18-16-2-1-3-17-19(24-25(23-18)20(16)17)13-6-10-15(22)11-7-13/h4-11H,1-3H2. The lowest BCUT2D eigenvalue weighted by atomic mass is 9.87. The van der Waals surface area contributed by atoms with Crippen molar-refractivity contribution in [3.05, 3.63) is 80.8 Å². The van der Waals surface area contributed by atoms with Gasteiger partial charge < -0.3 is 0 Å². The minimum Gasteiger partial charge on any atom is -0.0843 e. The van der Waals surface area contributed by atoms with Crippen LogP contribution in [0.5, 0.6) is 0 Å². The summed E-state index contributed by atoms with van der Waals surface area (Å²) in [6.45, 7) is 0. The zero-order chi connectivity index (χ0) is 17.0. The molecule has 1 aliphatic carbocycles. The second kappa shape index (κ2) is 6.54. The first kappa shape index (κ1) is 16.6. The van der Waals surface area contributed by atoms with Crippen LogP contribution in [0.25, 0.3) is 9.81 Å². The molecule has 0 saturated heterocycles. The molecule has 1 fully saturated rings. The Kier molecular flexibility index (Phi) is 4.34. The van der Waals surface area contributed by atoms with Crippen LogP contribution >= 0.6 is 53.3 Å². The SMILES string of the molecule is Clc1ccc(C2=C3CCCC4=C(c5ccc(Cl)cc5)SS(=C34)S2)cc1. The van der Waals surface area contributed by atoms with Gasteiger partial charge in [-0.1, -0.05) is 77.6 Å². The lowest BCUT2D eigenvalue weighted by molar-refractivity contribution is 0.822. The van der Waals surface area contributed by atoms with Crippen LogP contribution in [0.3, 0.4) is 0 Å². The summed E-state index contributed by atoms with van der Waals surface area (Å²) in [5.74, 6) is 0. The lowest BCUT2D eigenvalue weighted by Gasteiger charge is -2.20. The van der Waals surface area contributed by atoms with Crippen LogP contribution in [0.1, 0.15) is 30.4 Å². The topological polar surface area (TPSA) is 0 Å². The van der Waals surface area contributed by atoms with Gasteiger partial charge in [0.15, 0.2) is 0 Å². The fraction of sp³-hybridized carbons (Fsp3) is 0.150. The van der Waals surface area contributed by atoms with Crippen LogP contribution in [0.4, 0.5) is 0 Å². The number of hydrogen-bond acceptors (Lipinski definition) is 2. The highest BCUT2D eigenvalue weighted by molar-refractivity contribution is 9.19. The minimum absolute atomic E-state index is 0.187. The Labute approximate surface area is 167 Å². The summed E-state index contributed by atoms with van der Waals surface area (Å²) in [7, 11) is 4.27. The molecule has 0 radical (unpaired) electrons. The Hall–Kier alpha value is -0.580. The second-order valence-corrected chi connectivity index (χ2v) is 12.7. The first-order valence-electron chi connectivity index (χ1n) is 8.17. The fourth-order valence-electron chi connectivity index (χ4n) is 3.49. The summed E-state index contributed by atoms with van der Waals surface area (Å²) in [5, 5.41) is 1.60. The molecule has 5 heteroatoms. The van der Waals surface area contributed by atoms with E-state index < -0.39 is 0 Å². The van der Waals surface area contributed by atoms with Gasteiger partial charge in [0.2, 0.25) is 0 Å². The third-order valence-electron chi connectivity index (χ3n) is 4.65. The molecule has 2 aliphatic heterocycles. The Morgan fingerprint density at radius 2 is 1.12 bits per heavy atom.